The molecule has 0 unspecified atom stereocenters. The molecule has 2 rings (SSSR count). The molecular weight excluding hydrogens is 232 g/mol. The Morgan fingerprint density at radius 2 is 1.94 bits per heavy atom. The summed E-state index contributed by atoms with van der Waals surface area (Å²) in [4.78, 5) is 11.8. The summed E-state index contributed by atoms with van der Waals surface area (Å²) in [6.07, 6.45) is 0.00516. The number of benzene rings is 1. The molecule has 1 N–H and O–H groups in total. The maximum Gasteiger partial charge on any atom is 0.164 e. The number of rotatable bonds is 5. The van der Waals surface area contributed by atoms with Gasteiger partial charge in [0.2, 0.25) is 0 Å². The molecule has 1 atom stereocenters. The van der Waals surface area contributed by atoms with E-state index in [1.807, 2.05) is 30.3 Å². The van der Waals surface area contributed by atoms with E-state index in [2.05, 4.69) is 0 Å². The SMILES string of the molecule is O=C(CC1OCCCO1)C[C@H](O)c1ccccc1. The van der Waals surface area contributed by atoms with Gasteiger partial charge in [0.05, 0.1) is 25.7 Å². The predicted molar refractivity (Wildman–Crippen MR) is 66.0 cm³/mol. The first-order valence-electron chi connectivity index (χ1n) is 6.23. The van der Waals surface area contributed by atoms with Crippen LogP contribution in [0.3, 0.4) is 0 Å². The van der Waals surface area contributed by atoms with Gasteiger partial charge in [-0.25, -0.2) is 0 Å². The standard InChI is InChI=1S/C14H18O4/c15-12(10-14-17-7-4-8-18-14)9-13(16)11-5-2-1-3-6-11/h1-3,5-6,13-14,16H,4,7-10H2/t13-/m0/s1. The number of hydrogen-bond donors (Lipinski definition) is 1. The second kappa shape index (κ2) is 6.64. The third-order valence-electron chi connectivity index (χ3n) is 2.90. The van der Waals surface area contributed by atoms with E-state index in [-0.39, 0.29) is 18.6 Å². The maximum atomic E-state index is 11.8. The van der Waals surface area contributed by atoms with Crippen molar-refractivity contribution in [1.82, 2.24) is 0 Å². The lowest BCUT2D eigenvalue weighted by molar-refractivity contribution is -0.183. The van der Waals surface area contributed by atoms with E-state index < -0.39 is 12.4 Å². The van der Waals surface area contributed by atoms with Crippen molar-refractivity contribution in [1.29, 1.82) is 0 Å². The van der Waals surface area contributed by atoms with Crippen LogP contribution < -0.4 is 0 Å². The van der Waals surface area contributed by atoms with Crippen LogP contribution >= 0.6 is 0 Å². The van der Waals surface area contributed by atoms with E-state index in [0.717, 1.165) is 12.0 Å². The van der Waals surface area contributed by atoms with Gasteiger partial charge in [-0.15, -0.1) is 0 Å². The molecule has 1 aromatic carbocycles. The molecule has 1 saturated heterocycles. The van der Waals surface area contributed by atoms with Gasteiger partial charge >= 0.3 is 0 Å². The van der Waals surface area contributed by atoms with Crippen molar-refractivity contribution >= 4 is 5.78 Å². The minimum absolute atomic E-state index is 0.0433. The van der Waals surface area contributed by atoms with Gasteiger partial charge in [0.15, 0.2) is 6.29 Å². The van der Waals surface area contributed by atoms with Crippen molar-refractivity contribution in [3.8, 4) is 0 Å². The zero-order chi connectivity index (χ0) is 12.8. The number of ether oxygens (including phenoxy) is 2. The molecule has 0 bridgehead atoms. The monoisotopic (exact) mass is 250 g/mol. The summed E-state index contributed by atoms with van der Waals surface area (Å²) >= 11 is 0. The van der Waals surface area contributed by atoms with E-state index in [0.29, 0.717) is 13.2 Å². The zero-order valence-electron chi connectivity index (χ0n) is 10.2. The number of hydrogen-bond acceptors (Lipinski definition) is 4. The van der Waals surface area contributed by atoms with Crippen LogP contribution in [0.1, 0.15) is 30.9 Å². The van der Waals surface area contributed by atoms with Gasteiger partial charge in [0.25, 0.3) is 0 Å². The summed E-state index contributed by atoms with van der Waals surface area (Å²) in [7, 11) is 0. The summed E-state index contributed by atoms with van der Waals surface area (Å²) in [5, 5.41) is 9.92. The van der Waals surface area contributed by atoms with Crippen LogP contribution in [-0.4, -0.2) is 30.4 Å². The number of aliphatic hydroxyl groups is 1. The van der Waals surface area contributed by atoms with Gasteiger partial charge in [-0.05, 0) is 12.0 Å². The highest BCUT2D eigenvalue weighted by Gasteiger charge is 2.20. The van der Waals surface area contributed by atoms with Gasteiger partial charge < -0.3 is 14.6 Å². The Kier molecular flexibility index (Phi) is 4.87. The van der Waals surface area contributed by atoms with Crippen molar-refractivity contribution in [2.75, 3.05) is 13.2 Å². The Bertz CT molecular complexity index is 371. The summed E-state index contributed by atoms with van der Waals surface area (Å²) in [5.41, 5.74) is 0.760. The normalized spacial score (nSPS) is 18.5. The molecule has 1 aliphatic rings. The predicted octanol–water partition coefficient (Wildman–Crippen LogP) is 1.83. The quantitative estimate of drug-likeness (QED) is 0.866. The lowest BCUT2D eigenvalue weighted by atomic mass is 10.0. The molecule has 0 aromatic heterocycles. The van der Waals surface area contributed by atoms with Crippen LogP contribution in [0.4, 0.5) is 0 Å². The van der Waals surface area contributed by atoms with Gasteiger partial charge in [-0.2, -0.15) is 0 Å². The molecular formula is C14H18O4. The third kappa shape index (κ3) is 3.91. The zero-order valence-corrected chi connectivity index (χ0v) is 10.2. The topological polar surface area (TPSA) is 55.8 Å². The van der Waals surface area contributed by atoms with E-state index in [4.69, 9.17) is 9.47 Å². The average molecular weight is 250 g/mol. The first-order valence-corrected chi connectivity index (χ1v) is 6.23. The fraction of sp³-hybridized carbons (Fsp3) is 0.500. The molecule has 1 aromatic rings. The molecule has 0 amide bonds. The molecule has 0 aliphatic carbocycles. The maximum absolute atomic E-state index is 11.8. The first-order chi connectivity index (χ1) is 8.75. The van der Waals surface area contributed by atoms with Crippen molar-refractivity contribution < 1.29 is 19.4 Å². The lowest BCUT2D eigenvalue weighted by Crippen LogP contribution is -2.27. The van der Waals surface area contributed by atoms with Crippen molar-refractivity contribution in [2.45, 2.75) is 31.7 Å². The number of carbonyl (C=O) groups is 1. The molecule has 0 saturated carbocycles. The van der Waals surface area contributed by atoms with Crippen molar-refractivity contribution in [2.24, 2.45) is 0 Å². The Labute approximate surface area is 107 Å². The minimum Gasteiger partial charge on any atom is -0.388 e. The fourth-order valence-corrected chi connectivity index (χ4v) is 1.93. The summed E-state index contributed by atoms with van der Waals surface area (Å²) in [6, 6.07) is 9.19. The molecule has 4 heteroatoms. The Morgan fingerprint density at radius 3 is 2.61 bits per heavy atom. The van der Waals surface area contributed by atoms with Crippen LogP contribution in [0.25, 0.3) is 0 Å². The summed E-state index contributed by atoms with van der Waals surface area (Å²) in [6.45, 7) is 1.28. The van der Waals surface area contributed by atoms with E-state index >= 15 is 0 Å². The molecule has 1 heterocycles. The number of aliphatic hydroxyl groups excluding tert-OH is 1. The second-order valence-corrected chi connectivity index (χ2v) is 4.40. The number of carbonyl (C=O) groups excluding carboxylic acids is 1. The Balaban J connectivity index is 1.80. The minimum atomic E-state index is -0.748. The van der Waals surface area contributed by atoms with E-state index in [1.165, 1.54) is 0 Å². The largest absolute Gasteiger partial charge is 0.388 e. The highest BCUT2D eigenvalue weighted by atomic mass is 16.7. The van der Waals surface area contributed by atoms with Crippen LogP contribution in [-0.2, 0) is 14.3 Å². The molecule has 0 radical (unpaired) electrons. The molecule has 1 aliphatic heterocycles. The number of ketones is 1. The highest BCUT2D eigenvalue weighted by molar-refractivity contribution is 5.79. The van der Waals surface area contributed by atoms with Crippen molar-refractivity contribution in [3.63, 3.8) is 0 Å². The second-order valence-electron chi connectivity index (χ2n) is 4.40. The van der Waals surface area contributed by atoms with Crippen LogP contribution in [0.15, 0.2) is 30.3 Å². The third-order valence-corrected chi connectivity index (χ3v) is 2.90. The highest BCUT2D eigenvalue weighted by Crippen LogP contribution is 2.18. The fourth-order valence-electron chi connectivity index (χ4n) is 1.93. The van der Waals surface area contributed by atoms with E-state index in [1.54, 1.807) is 0 Å². The van der Waals surface area contributed by atoms with Gasteiger partial charge in [-0.1, -0.05) is 30.3 Å². The van der Waals surface area contributed by atoms with Gasteiger partial charge in [0.1, 0.15) is 5.78 Å². The van der Waals surface area contributed by atoms with E-state index in [9.17, 15) is 9.90 Å². The van der Waals surface area contributed by atoms with Gasteiger partial charge in [0, 0.05) is 6.42 Å². The Hall–Kier alpha value is -1.23. The van der Waals surface area contributed by atoms with Crippen LogP contribution in [0, 0.1) is 0 Å². The lowest BCUT2D eigenvalue weighted by Gasteiger charge is -2.22. The van der Waals surface area contributed by atoms with Crippen molar-refractivity contribution in [3.05, 3.63) is 35.9 Å². The molecule has 0 spiro atoms. The molecule has 1 fully saturated rings. The molecule has 4 nitrogen and oxygen atoms in total. The number of Topliss-reactive ketones (excluding diaryl/α,β-unsaturated/α-hetero) is 1. The summed E-state index contributed by atoms with van der Waals surface area (Å²) in [5.74, 6) is -0.0433. The Morgan fingerprint density at radius 1 is 1.28 bits per heavy atom. The average Bonchev–Trinajstić information content (AvgIpc) is 2.40. The molecule has 98 valence electrons. The first kappa shape index (κ1) is 13.2. The van der Waals surface area contributed by atoms with Gasteiger partial charge in [-0.3, -0.25) is 4.79 Å². The smallest absolute Gasteiger partial charge is 0.164 e. The summed E-state index contributed by atoms with van der Waals surface area (Å²) < 4.78 is 10.6. The molecule has 18 heavy (non-hydrogen) atoms. The van der Waals surface area contributed by atoms with Crippen LogP contribution in [0.2, 0.25) is 0 Å². The van der Waals surface area contributed by atoms with Crippen LogP contribution in [0.5, 0.6) is 0 Å².